The van der Waals surface area contributed by atoms with E-state index in [2.05, 4.69) is 5.32 Å². The molecule has 0 aliphatic rings. The van der Waals surface area contributed by atoms with E-state index < -0.39 is 11.9 Å². The quantitative estimate of drug-likeness (QED) is 0.559. The number of nitrogens with one attached hydrogen (secondary N) is 1. The summed E-state index contributed by atoms with van der Waals surface area (Å²) in [6.45, 7) is -0.250. The smallest absolute Gasteiger partial charge is 0.234 e. The largest absolute Gasteiger partial charge is 0.381 e. The van der Waals surface area contributed by atoms with E-state index in [9.17, 15) is 4.79 Å². The number of hydrogen-bond acceptors (Lipinski definition) is 3. The van der Waals surface area contributed by atoms with E-state index in [4.69, 9.17) is 10.8 Å². The number of hydrogen-bond donors (Lipinski definition) is 3. The van der Waals surface area contributed by atoms with Crippen molar-refractivity contribution in [2.24, 2.45) is 5.73 Å². The summed E-state index contributed by atoms with van der Waals surface area (Å²) in [7, 11) is 0. The molecule has 0 aromatic heterocycles. The maximum atomic E-state index is 10.9. The zero-order valence-corrected chi connectivity index (χ0v) is 7.81. The first-order valence-electron chi connectivity index (χ1n) is 4.41. The molecule has 0 spiro atoms. The molecule has 0 bridgehead atoms. The third kappa shape index (κ3) is 3.16. The van der Waals surface area contributed by atoms with Crippen LogP contribution in [0.2, 0.25) is 0 Å². The fourth-order valence-electron chi connectivity index (χ4n) is 1.23. The Kier molecular flexibility index (Phi) is 4.10. The van der Waals surface area contributed by atoms with Crippen molar-refractivity contribution >= 4 is 5.91 Å². The lowest BCUT2D eigenvalue weighted by Gasteiger charge is -2.13. The van der Waals surface area contributed by atoms with Crippen LogP contribution in [0.5, 0.6) is 0 Å². The van der Waals surface area contributed by atoms with Crippen LogP contribution < -0.4 is 11.1 Å². The summed E-state index contributed by atoms with van der Waals surface area (Å²) >= 11 is 0. The summed E-state index contributed by atoms with van der Waals surface area (Å²) in [6, 6.07) is 9.01. The molecular formula is C10H14N2O2. The average molecular weight is 194 g/mol. The number of aliphatic hydroxyl groups excluding tert-OH is 1. The molecule has 0 unspecified atom stereocenters. The van der Waals surface area contributed by atoms with E-state index in [-0.39, 0.29) is 6.73 Å². The maximum Gasteiger partial charge on any atom is 0.234 e. The van der Waals surface area contributed by atoms with Gasteiger partial charge in [-0.05, 0) is 12.0 Å². The molecule has 4 nitrogen and oxygen atoms in total. The molecule has 0 saturated carbocycles. The highest BCUT2D eigenvalue weighted by Gasteiger charge is 2.13. The molecule has 4 heteroatoms. The molecule has 1 aromatic carbocycles. The second kappa shape index (κ2) is 5.36. The first-order valence-corrected chi connectivity index (χ1v) is 4.41. The van der Waals surface area contributed by atoms with E-state index in [1.807, 2.05) is 30.3 Å². The van der Waals surface area contributed by atoms with E-state index >= 15 is 0 Å². The van der Waals surface area contributed by atoms with Crippen LogP contribution in [0.4, 0.5) is 0 Å². The van der Waals surface area contributed by atoms with Crippen LogP contribution in [0, 0.1) is 0 Å². The van der Waals surface area contributed by atoms with Gasteiger partial charge in [-0.1, -0.05) is 30.3 Å². The zero-order valence-electron chi connectivity index (χ0n) is 7.81. The van der Waals surface area contributed by atoms with Gasteiger partial charge in [-0.3, -0.25) is 10.1 Å². The highest BCUT2D eigenvalue weighted by Crippen LogP contribution is 2.02. The Labute approximate surface area is 82.7 Å². The van der Waals surface area contributed by atoms with E-state index in [0.29, 0.717) is 6.42 Å². The van der Waals surface area contributed by atoms with E-state index in [1.165, 1.54) is 0 Å². The van der Waals surface area contributed by atoms with E-state index in [0.717, 1.165) is 5.56 Å². The van der Waals surface area contributed by atoms with Crippen molar-refractivity contribution in [3.05, 3.63) is 35.9 Å². The molecule has 4 N–H and O–H groups in total. The molecule has 1 rings (SSSR count). The molecule has 0 heterocycles. The fourth-order valence-corrected chi connectivity index (χ4v) is 1.23. The van der Waals surface area contributed by atoms with Crippen LogP contribution in [-0.4, -0.2) is 23.8 Å². The summed E-state index contributed by atoms with van der Waals surface area (Å²) in [5, 5.41) is 11.3. The predicted molar refractivity (Wildman–Crippen MR) is 53.3 cm³/mol. The molecular weight excluding hydrogens is 180 g/mol. The number of carbonyl (C=O) groups is 1. The summed E-state index contributed by atoms with van der Waals surface area (Å²) < 4.78 is 0. The molecule has 0 radical (unpaired) electrons. The van der Waals surface area contributed by atoms with Crippen molar-refractivity contribution < 1.29 is 9.90 Å². The predicted octanol–water partition coefficient (Wildman–Crippen LogP) is -0.378. The summed E-state index contributed by atoms with van der Waals surface area (Å²) in [5.74, 6) is -0.456. The Morgan fingerprint density at radius 2 is 2.07 bits per heavy atom. The van der Waals surface area contributed by atoms with Gasteiger partial charge in [0.15, 0.2) is 0 Å². The highest BCUT2D eigenvalue weighted by molar-refractivity contribution is 5.80. The lowest BCUT2D eigenvalue weighted by Crippen LogP contribution is -2.43. The Hall–Kier alpha value is -1.39. The van der Waals surface area contributed by atoms with Gasteiger partial charge in [-0.15, -0.1) is 0 Å². The monoisotopic (exact) mass is 194 g/mol. The van der Waals surface area contributed by atoms with Crippen LogP contribution >= 0.6 is 0 Å². The zero-order chi connectivity index (χ0) is 10.4. The summed E-state index contributed by atoms with van der Waals surface area (Å²) in [5.41, 5.74) is 6.17. The SMILES string of the molecule is NC(=O)[C@H](Cc1ccccc1)NCO. The van der Waals surface area contributed by atoms with Crippen molar-refractivity contribution in [3.8, 4) is 0 Å². The van der Waals surface area contributed by atoms with Gasteiger partial charge in [0.05, 0.1) is 12.8 Å². The lowest BCUT2D eigenvalue weighted by molar-refractivity contribution is -0.120. The normalized spacial score (nSPS) is 12.4. The minimum absolute atomic E-state index is 0.250. The molecule has 0 saturated heterocycles. The van der Waals surface area contributed by atoms with Crippen LogP contribution in [0.1, 0.15) is 5.56 Å². The Morgan fingerprint density at radius 3 is 2.57 bits per heavy atom. The van der Waals surface area contributed by atoms with Crippen molar-refractivity contribution in [1.82, 2.24) is 5.32 Å². The van der Waals surface area contributed by atoms with Crippen molar-refractivity contribution in [3.63, 3.8) is 0 Å². The Balaban J connectivity index is 2.60. The van der Waals surface area contributed by atoms with E-state index in [1.54, 1.807) is 0 Å². The van der Waals surface area contributed by atoms with Gasteiger partial charge >= 0.3 is 0 Å². The summed E-state index contributed by atoms with van der Waals surface area (Å²) in [4.78, 5) is 10.9. The number of benzene rings is 1. The first kappa shape index (κ1) is 10.7. The highest BCUT2D eigenvalue weighted by atomic mass is 16.3. The van der Waals surface area contributed by atoms with Gasteiger partial charge in [0, 0.05) is 0 Å². The minimum Gasteiger partial charge on any atom is -0.381 e. The molecule has 1 atom stereocenters. The van der Waals surface area contributed by atoms with Gasteiger partial charge in [0.1, 0.15) is 0 Å². The number of nitrogens with two attached hydrogens (primary N) is 1. The maximum absolute atomic E-state index is 10.9. The van der Waals surface area contributed by atoms with Crippen LogP contribution in [0.25, 0.3) is 0 Å². The molecule has 0 fully saturated rings. The second-order valence-corrected chi connectivity index (χ2v) is 3.01. The average Bonchev–Trinajstić information content (AvgIpc) is 2.18. The Bertz CT molecular complexity index is 287. The number of amides is 1. The fraction of sp³-hybridized carbons (Fsp3) is 0.300. The van der Waals surface area contributed by atoms with Gasteiger partial charge in [-0.25, -0.2) is 0 Å². The van der Waals surface area contributed by atoms with Gasteiger partial charge in [0.25, 0.3) is 0 Å². The number of carbonyl (C=O) groups excluding carboxylic acids is 1. The van der Waals surface area contributed by atoms with Gasteiger partial charge < -0.3 is 10.8 Å². The lowest BCUT2D eigenvalue weighted by atomic mass is 10.1. The van der Waals surface area contributed by atoms with Gasteiger partial charge in [-0.2, -0.15) is 0 Å². The third-order valence-corrected chi connectivity index (χ3v) is 1.96. The topological polar surface area (TPSA) is 75.4 Å². The van der Waals surface area contributed by atoms with Gasteiger partial charge in [0.2, 0.25) is 5.91 Å². The van der Waals surface area contributed by atoms with Crippen molar-refractivity contribution in [1.29, 1.82) is 0 Å². The van der Waals surface area contributed by atoms with Crippen LogP contribution in [0.15, 0.2) is 30.3 Å². The molecule has 0 aliphatic heterocycles. The van der Waals surface area contributed by atoms with Crippen LogP contribution in [0.3, 0.4) is 0 Å². The summed E-state index contributed by atoms with van der Waals surface area (Å²) in [6.07, 6.45) is 0.497. The van der Waals surface area contributed by atoms with Crippen LogP contribution in [-0.2, 0) is 11.2 Å². The number of aliphatic hydroxyl groups is 1. The van der Waals surface area contributed by atoms with Crippen molar-refractivity contribution in [2.45, 2.75) is 12.5 Å². The molecule has 0 aliphatic carbocycles. The Morgan fingerprint density at radius 1 is 1.43 bits per heavy atom. The number of primary amides is 1. The first-order chi connectivity index (χ1) is 6.74. The molecule has 1 aromatic rings. The second-order valence-electron chi connectivity index (χ2n) is 3.01. The molecule has 1 amide bonds. The third-order valence-electron chi connectivity index (χ3n) is 1.96. The van der Waals surface area contributed by atoms with Crippen molar-refractivity contribution in [2.75, 3.05) is 6.73 Å². The standard InChI is InChI=1S/C10H14N2O2/c11-10(14)9(12-7-13)6-8-4-2-1-3-5-8/h1-5,9,12-13H,6-7H2,(H2,11,14)/t9-/m0/s1. The number of rotatable bonds is 5. The minimum atomic E-state index is -0.512. The molecule has 14 heavy (non-hydrogen) atoms. The molecule has 76 valence electrons.